The van der Waals surface area contributed by atoms with Crippen LogP contribution in [0.1, 0.15) is 24.2 Å². The standard InChI is InChI=1S/C21H23N3O5S/c1-5-28-16-10-7-13(11-18(16)29-6-2)19(25)22-21-24-23-20(30-21)15-9-8-14(26-3)12-17(15)27-4/h7-12H,5-6H2,1-4H3,(H,22,24,25). The van der Waals surface area contributed by atoms with Gasteiger partial charge in [-0.2, -0.15) is 0 Å². The first-order valence-corrected chi connectivity index (χ1v) is 10.2. The second-order valence-electron chi connectivity index (χ2n) is 5.96. The van der Waals surface area contributed by atoms with Gasteiger partial charge in [0.15, 0.2) is 16.5 Å². The Labute approximate surface area is 178 Å². The molecule has 8 nitrogen and oxygen atoms in total. The van der Waals surface area contributed by atoms with Crippen molar-refractivity contribution in [3.05, 3.63) is 42.0 Å². The second-order valence-corrected chi connectivity index (χ2v) is 6.94. The van der Waals surface area contributed by atoms with E-state index < -0.39 is 0 Å². The lowest BCUT2D eigenvalue weighted by molar-refractivity contribution is 0.102. The van der Waals surface area contributed by atoms with Gasteiger partial charge in [-0.3, -0.25) is 10.1 Å². The molecule has 0 fully saturated rings. The van der Waals surface area contributed by atoms with E-state index in [0.717, 1.165) is 5.56 Å². The van der Waals surface area contributed by atoms with E-state index in [-0.39, 0.29) is 5.91 Å². The van der Waals surface area contributed by atoms with E-state index >= 15 is 0 Å². The lowest BCUT2D eigenvalue weighted by Crippen LogP contribution is -2.12. The van der Waals surface area contributed by atoms with Crippen molar-refractivity contribution in [2.24, 2.45) is 0 Å². The molecule has 158 valence electrons. The van der Waals surface area contributed by atoms with Crippen LogP contribution in [0.3, 0.4) is 0 Å². The molecular weight excluding hydrogens is 406 g/mol. The van der Waals surface area contributed by atoms with Crippen LogP contribution in [0.2, 0.25) is 0 Å². The first-order valence-electron chi connectivity index (χ1n) is 9.36. The van der Waals surface area contributed by atoms with Gasteiger partial charge in [0.05, 0.1) is 33.0 Å². The monoisotopic (exact) mass is 429 g/mol. The number of carbonyl (C=O) groups is 1. The van der Waals surface area contributed by atoms with Gasteiger partial charge in [0.1, 0.15) is 11.5 Å². The Bertz CT molecular complexity index is 1020. The molecule has 0 radical (unpaired) electrons. The molecule has 0 aliphatic rings. The molecule has 0 saturated heterocycles. The van der Waals surface area contributed by atoms with E-state index in [1.807, 2.05) is 26.0 Å². The third-order valence-corrected chi connectivity index (χ3v) is 4.96. The Morgan fingerprint density at radius 1 is 0.933 bits per heavy atom. The summed E-state index contributed by atoms with van der Waals surface area (Å²) in [5.74, 6) is 2.09. The molecule has 9 heteroatoms. The average Bonchev–Trinajstić information content (AvgIpc) is 3.22. The topological polar surface area (TPSA) is 91.8 Å². The van der Waals surface area contributed by atoms with Crippen molar-refractivity contribution in [2.75, 3.05) is 32.8 Å². The fourth-order valence-corrected chi connectivity index (χ4v) is 3.49. The molecule has 0 unspecified atom stereocenters. The maximum absolute atomic E-state index is 12.7. The van der Waals surface area contributed by atoms with E-state index in [1.165, 1.54) is 11.3 Å². The number of hydrogen-bond donors (Lipinski definition) is 1. The third kappa shape index (κ3) is 4.80. The summed E-state index contributed by atoms with van der Waals surface area (Å²) >= 11 is 1.25. The number of amides is 1. The van der Waals surface area contributed by atoms with E-state index in [4.69, 9.17) is 18.9 Å². The van der Waals surface area contributed by atoms with E-state index in [1.54, 1.807) is 38.5 Å². The summed E-state index contributed by atoms with van der Waals surface area (Å²) in [4.78, 5) is 12.7. The summed E-state index contributed by atoms with van der Waals surface area (Å²) in [6.45, 7) is 4.74. The van der Waals surface area contributed by atoms with Crippen LogP contribution >= 0.6 is 11.3 Å². The highest BCUT2D eigenvalue weighted by molar-refractivity contribution is 7.18. The van der Waals surface area contributed by atoms with Crippen LogP contribution in [-0.2, 0) is 0 Å². The fraction of sp³-hybridized carbons (Fsp3) is 0.286. The van der Waals surface area contributed by atoms with E-state index in [2.05, 4.69) is 15.5 Å². The number of benzene rings is 2. The highest BCUT2D eigenvalue weighted by Gasteiger charge is 2.16. The van der Waals surface area contributed by atoms with Crippen molar-refractivity contribution in [2.45, 2.75) is 13.8 Å². The highest BCUT2D eigenvalue weighted by Crippen LogP contribution is 2.36. The van der Waals surface area contributed by atoms with Crippen LogP contribution in [0.4, 0.5) is 5.13 Å². The van der Waals surface area contributed by atoms with Crippen LogP contribution in [0.25, 0.3) is 10.6 Å². The number of rotatable bonds is 9. The highest BCUT2D eigenvalue weighted by atomic mass is 32.1. The molecule has 1 amide bonds. The quantitative estimate of drug-likeness (QED) is 0.543. The summed E-state index contributed by atoms with van der Waals surface area (Å²) in [5.41, 5.74) is 1.19. The Morgan fingerprint density at radius 3 is 2.40 bits per heavy atom. The largest absolute Gasteiger partial charge is 0.497 e. The molecule has 0 spiro atoms. The SMILES string of the molecule is CCOc1ccc(C(=O)Nc2nnc(-c3ccc(OC)cc3OC)s2)cc1OCC. The molecule has 3 rings (SSSR count). The van der Waals surface area contributed by atoms with Gasteiger partial charge in [0.25, 0.3) is 5.91 Å². The number of aromatic nitrogens is 2. The van der Waals surface area contributed by atoms with Crippen LogP contribution in [0, 0.1) is 0 Å². The van der Waals surface area contributed by atoms with Crippen molar-refractivity contribution in [3.63, 3.8) is 0 Å². The smallest absolute Gasteiger partial charge is 0.257 e. The van der Waals surface area contributed by atoms with Crippen LogP contribution < -0.4 is 24.3 Å². The third-order valence-electron chi connectivity index (χ3n) is 4.09. The zero-order chi connectivity index (χ0) is 21.5. The molecule has 1 heterocycles. The van der Waals surface area contributed by atoms with Gasteiger partial charge in [0.2, 0.25) is 5.13 Å². The average molecular weight is 429 g/mol. The minimum Gasteiger partial charge on any atom is -0.497 e. The van der Waals surface area contributed by atoms with Gasteiger partial charge < -0.3 is 18.9 Å². The van der Waals surface area contributed by atoms with Crippen molar-refractivity contribution in [1.29, 1.82) is 0 Å². The molecule has 0 aliphatic carbocycles. The Balaban J connectivity index is 1.79. The van der Waals surface area contributed by atoms with E-state index in [9.17, 15) is 4.79 Å². The maximum Gasteiger partial charge on any atom is 0.257 e. The van der Waals surface area contributed by atoms with Crippen molar-refractivity contribution in [3.8, 4) is 33.6 Å². The Kier molecular flexibility index (Phi) is 7.08. The van der Waals surface area contributed by atoms with Gasteiger partial charge in [-0.25, -0.2) is 0 Å². The summed E-state index contributed by atoms with van der Waals surface area (Å²) in [5, 5.41) is 12.0. The molecule has 1 aromatic heterocycles. The number of nitrogens with zero attached hydrogens (tertiary/aromatic N) is 2. The number of ether oxygens (including phenoxy) is 4. The lowest BCUT2D eigenvalue weighted by Gasteiger charge is -2.12. The zero-order valence-electron chi connectivity index (χ0n) is 17.2. The van der Waals surface area contributed by atoms with Crippen molar-refractivity contribution >= 4 is 22.4 Å². The first-order chi connectivity index (χ1) is 14.6. The Hall–Kier alpha value is -3.33. The molecule has 0 saturated carbocycles. The molecular formula is C21H23N3O5S. The van der Waals surface area contributed by atoms with Crippen LogP contribution in [0.5, 0.6) is 23.0 Å². The molecule has 1 N–H and O–H groups in total. The maximum atomic E-state index is 12.7. The van der Waals surface area contributed by atoms with Gasteiger partial charge in [-0.15, -0.1) is 10.2 Å². The molecule has 0 atom stereocenters. The Morgan fingerprint density at radius 2 is 1.70 bits per heavy atom. The molecule has 0 bridgehead atoms. The number of anilines is 1. The predicted octanol–water partition coefficient (Wildman–Crippen LogP) is 4.27. The van der Waals surface area contributed by atoms with Crippen molar-refractivity contribution in [1.82, 2.24) is 10.2 Å². The van der Waals surface area contributed by atoms with Gasteiger partial charge in [-0.1, -0.05) is 11.3 Å². The summed E-state index contributed by atoms with van der Waals surface area (Å²) in [7, 11) is 3.16. The normalized spacial score (nSPS) is 10.4. The summed E-state index contributed by atoms with van der Waals surface area (Å²) in [6.07, 6.45) is 0. The molecule has 0 aliphatic heterocycles. The second kappa shape index (κ2) is 9.93. The molecule has 30 heavy (non-hydrogen) atoms. The van der Waals surface area contributed by atoms with Crippen LogP contribution in [0.15, 0.2) is 36.4 Å². The predicted molar refractivity (Wildman–Crippen MR) is 115 cm³/mol. The molecule has 3 aromatic rings. The first kappa shape index (κ1) is 21.4. The summed E-state index contributed by atoms with van der Waals surface area (Å²) < 4.78 is 21.7. The number of carbonyl (C=O) groups excluding carboxylic acids is 1. The van der Waals surface area contributed by atoms with Gasteiger partial charge >= 0.3 is 0 Å². The minimum absolute atomic E-state index is 0.316. The van der Waals surface area contributed by atoms with Gasteiger partial charge in [-0.05, 0) is 44.2 Å². The number of nitrogens with one attached hydrogen (secondary N) is 1. The molecule has 2 aromatic carbocycles. The lowest BCUT2D eigenvalue weighted by atomic mass is 10.2. The zero-order valence-corrected chi connectivity index (χ0v) is 18.0. The van der Waals surface area contributed by atoms with Crippen molar-refractivity contribution < 1.29 is 23.7 Å². The fourth-order valence-electron chi connectivity index (χ4n) is 2.72. The minimum atomic E-state index is -0.316. The van der Waals surface area contributed by atoms with Gasteiger partial charge in [0, 0.05) is 11.6 Å². The summed E-state index contributed by atoms with van der Waals surface area (Å²) in [6, 6.07) is 10.5. The number of methoxy groups -OCH3 is 2. The van der Waals surface area contributed by atoms with Crippen LogP contribution in [-0.4, -0.2) is 43.5 Å². The van der Waals surface area contributed by atoms with E-state index in [0.29, 0.717) is 51.9 Å². The number of hydrogen-bond acceptors (Lipinski definition) is 8.